The molecule has 3 heteroatoms. The Kier molecular flexibility index (Phi) is 2.02. The quantitative estimate of drug-likeness (QED) is 0.612. The number of anilines is 1. The second-order valence-electron chi connectivity index (χ2n) is 1.91. The van der Waals surface area contributed by atoms with Gasteiger partial charge in [0.15, 0.2) is 0 Å². The molecule has 54 valence electrons. The Morgan fingerprint density at radius 1 is 1.50 bits per heavy atom. The lowest BCUT2D eigenvalue weighted by Gasteiger charge is -2.01. The molecule has 0 atom stereocenters. The molecule has 0 unspecified atom stereocenters. The van der Waals surface area contributed by atoms with E-state index < -0.39 is 0 Å². The third-order valence-electron chi connectivity index (χ3n) is 1.22. The van der Waals surface area contributed by atoms with E-state index in [1.807, 2.05) is 0 Å². The van der Waals surface area contributed by atoms with Gasteiger partial charge in [0.05, 0.1) is 10.7 Å². The number of halogens is 1. The van der Waals surface area contributed by atoms with Crippen LogP contribution in [0.1, 0.15) is 0 Å². The van der Waals surface area contributed by atoms with Crippen LogP contribution in [-0.2, 0) is 0 Å². The predicted octanol–water partition coefficient (Wildman–Crippen LogP) is 2.09. The second kappa shape index (κ2) is 2.80. The molecular formula is C7H8ClNO. The zero-order valence-electron chi connectivity index (χ0n) is 5.56. The van der Waals surface area contributed by atoms with E-state index in [4.69, 9.17) is 16.7 Å². The molecule has 1 aromatic carbocycles. The molecule has 0 aliphatic rings. The number of benzene rings is 1. The highest BCUT2D eigenvalue weighted by atomic mass is 35.5. The molecule has 0 heterocycles. The molecular weight excluding hydrogens is 150 g/mol. The van der Waals surface area contributed by atoms with Crippen LogP contribution < -0.4 is 5.32 Å². The van der Waals surface area contributed by atoms with Gasteiger partial charge >= 0.3 is 0 Å². The van der Waals surface area contributed by atoms with Crippen LogP contribution in [0.2, 0.25) is 5.02 Å². The average Bonchev–Trinajstić information content (AvgIpc) is 1.88. The lowest BCUT2D eigenvalue weighted by molar-refractivity contribution is 0.475. The van der Waals surface area contributed by atoms with Gasteiger partial charge < -0.3 is 10.4 Å². The summed E-state index contributed by atoms with van der Waals surface area (Å²) in [5.74, 6) is 0.184. The van der Waals surface area contributed by atoms with Gasteiger partial charge in [0.2, 0.25) is 0 Å². The Hall–Kier alpha value is -0.890. The fraction of sp³-hybridized carbons (Fsp3) is 0.143. The zero-order chi connectivity index (χ0) is 7.56. The molecule has 0 amide bonds. The SMILES string of the molecule is CNc1ccc(O)cc1Cl. The smallest absolute Gasteiger partial charge is 0.117 e. The highest BCUT2D eigenvalue weighted by Gasteiger charge is 1.96. The molecule has 0 radical (unpaired) electrons. The number of hydrogen-bond donors (Lipinski definition) is 2. The summed E-state index contributed by atoms with van der Waals surface area (Å²) < 4.78 is 0. The molecule has 1 aromatic rings. The summed E-state index contributed by atoms with van der Waals surface area (Å²) in [7, 11) is 1.78. The summed E-state index contributed by atoms with van der Waals surface area (Å²) in [5.41, 5.74) is 0.819. The van der Waals surface area contributed by atoms with E-state index in [9.17, 15) is 0 Å². The summed E-state index contributed by atoms with van der Waals surface area (Å²) in [4.78, 5) is 0. The van der Waals surface area contributed by atoms with Crippen molar-refractivity contribution < 1.29 is 5.11 Å². The van der Waals surface area contributed by atoms with Crippen molar-refractivity contribution >= 4 is 17.3 Å². The van der Waals surface area contributed by atoms with Crippen LogP contribution in [0.4, 0.5) is 5.69 Å². The van der Waals surface area contributed by atoms with Crippen molar-refractivity contribution in [3.8, 4) is 5.75 Å². The number of phenolic OH excluding ortho intramolecular Hbond substituents is 1. The van der Waals surface area contributed by atoms with Crippen molar-refractivity contribution in [1.29, 1.82) is 0 Å². The first-order valence-corrected chi connectivity index (χ1v) is 3.28. The standard InChI is InChI=1S/C7H8ClNO/c1-9-7-3-2-5(10)4-6(7)8/h2-4,9-10H,1H3. The second-order valence-corrected chi connectivity index (χ2v) is 2.32. The Morgan fingerprint density at radius 3 is 2.70 bits per heavy atom. The van der Waals surface area contributed by atoms with E-state index in [2.05, 4.69) is 5.32 Å². The number of phenols is 1. The van der Waals surface area contributed by atoms with Gasteiger partial charge in [-0.05, 0) is 12.1 Å². The van der Waals surface area contributed by atoms with Crippen LogP contribution in [0.3, 0.4) is 0 Å². The normalized spacial score (nSPS) is 9.40. The summed E-state index contributed by atoms with van der Waals surface area (Å²) >= 11 is 5.71. The summed E-state index contributed by atoms with van der Waals surface area (Å²) in [5, 5.41) is 12.3. The van der Waals surface area contributed by atoms with E-state index in [1.54, 1.807) is 19.2 Å². The molecule has 10 heavy (non-hydrogen) atoms. The lowest BCUT2D eigenvalue weighted by Crippen LogP contribution is -1.87. The third-order valence-corrected chi connectivity index (χ3v) is 1.53. The van der Waals surface area contributed by atoms with Crippen molar-refractivity contribution in [3.63, 3.8) is 0 Å². The highest BCUT2D eigenvalue weighted by Crippen LogP contribution is 2.24. The Morgan fingerprint density at radius 2 is 2.20 bits per heavy atom. The third kappa shape index (κ3) is 1.33. The molecule has 0 spiro atoms. The van der Waals surface area contributed by atoms with Crippen LogP contribution >= 0.6 is 11.6 Å². The maximum atomic E-state index is 8.92. The first-order valence-electron chi connectivity index (χ1n) is 2.90. The molecule has 0 aliphatic heterocycles. The topological polar surface area (TPSA) is 32.3 Å². The molecule has 2 N–H and O–H groups in total. The van der Waals surface area contributed by atoms with E-state index in [0.29, 0.717) is 5.02 Å². The fourth-order valence-electron chi connectivity index (χ4n) is 0.707. The van der Waals surface area contributed by atoms with Crippen molar-refractivity contribution in [1.82, 2.24) is 0 Å². The van der Waals surface area contributed by atoms with Crippen molar-refractivity contribution in [2.24, 2.45) is 0 Å². The van der Waals surface area contributed by atoms with Crippen molar-refractivity contribution in [3.05, 3.63) is 23.2 Å². The molecule has 0 bridgehead atoms. The summed E-state index contributed by atoms with van der Waals surface area (Å²) in [6.45, 7) is 0. The van der Waals surface area contributed by atoms with Crippen molar-refractivity contribution in [2.45, 2.75) is 0 Å². The molecule has 1 rings (SSSR count). The predicted molar refractivity (Wildman–Crippen MR) is 42.7 cm³/mol. The molecule has 0 saturated carbocycles. The summed E-state index contributed by atoms with van der Waals surface area (Å²) in [6, 6.07) is 4.79. The van der Waals surface area contributed by atoms with Crippen molar-refractivity contribution in [2.75, 3.05) is 12.4 Å². The maximum absolute atomic E-state index is 8.92. The van der Waals surface area contributed by atoms with Gasteiger partial charge in [-0.15, -0.1) is 0 Å². The number of rotatable bonds is 1. The van der Waals surface area contributed by atoms with E-state index >= 15 is 0 Å². The average molecular weight is 158 g/mol. The van der Waals surface area contributed by atoms with E-state index in [0.717, 1.165) is 5.69 Å². The van der Waals surface area contributed by atoms with E-state index in [-0.39, 0.29) is 5.75 Å². The lowest BCUT2D eigenvalue weighted by atomic mass is 10.3. The van der Waals surface area contributed by atoms with Crippen LogP contribution in [0.5, 0.6) is 5.75 Å². The van der Waals surface area contributed by atoms with Crippen LogP contribution in [0.25, 0.3) is 0 Å². The highest BCUT2D eigenvalue weighted by molar-refractivity contribution is 6.33. The Balaban J connectivity index is 3.07. The molecule has 0 fully saturated rings. The van der Waals surface area contributed by atoms with Crippen LogP contribution in [0.15, 0.2) is 18.2 Å². The van der Waals surface area contributed by atoms with Gasteiger partial charge in [-0.25, -0.2) is 0 Å². The first kappa shape index (κ1) is 7.22. The summed E-state index contributed by atoms with van der Waals surface area (Å²) in [6.07, 6.45) is 0. The molecule has 0 aromatic heterocycles. The van der Waals surface area contributed by atoms with Crippen LogP contribution in [-0.4, -0.2) is 12.2 Å². The van der Waals surface area contributed by atoms with Gasteiger partial charge in [0.1, 0.15) is 5.75 Å². The molecule has 0 saturated heterocycles. The Bertz CT molecular complexity index is 237. The molecule has 2 nitrogen and oxygen atoms in total. The minimum Gasteiger partial charge on any atom is -0.508 e. The zero-order valence-corrected chi connectivity index (χ0v) is 6.31. The number of aromatic hydroxyl groups is 1. The van der Waals surface area contributed by atoms with Gasteiger partial charge in [-0.1, -0.05) is 11.6 Å². The monoisotopic (exact) mass is 157 g/mol. The largest absolute Gasteiger partial charge is 0.508 e. The van der Waals surface area contributed by atoms with Gasteiger partial charge in [-0.2, -0.15) is 0 Å². The van der Waals surface area contributed by atoms with Gasteiger partial charge in [0, 0.05) is 13.1 Å². The maximum Gasteiger partial charge on any atom is 0.117 e. The van der Waals surface area contributed by atoms with Crippen LogP contribution in [0, 0.1) is 0 Å². The Labute approximate surface area is 64.4 Å². The minimum absolute atomic E-state index is 0.184. The fourth-order valence-corrected chi connectivity index (χ4v) is 0.976. The molecule has 0 aliphatic carbocycles. The first-order chi connectivity index (χ1) is 4.74. The van der Waals surface area contributed by atoms with E-state index in [1.165, 1.54) is 6.07 Å². The number of hydrogen-bond acceptors (Lipinski definition) is 2. The minimum atomic E-state index is 0.184. The van der Waals surface area contributed by atoms with Gasteiger partial charge in [-0.3, -0.25) is 0 Å². The van der Waals surface area contributed by atoms with Gasteiger partial charge in [0.25, 0.3) is 0 Å². The number of nitrogens with one attached hydrogen (secondary N) is 1.